The van der Waals surface area contributed by atoms with E-state index in [9.17, 15) is 18.0 Å². The van der Waals surface area contributed by atoms with Crippen LogP contribution in [0.2, 0.25) is 0 Å². The quantitative estimate of drug-likeness (QED) is 0.840. The maximum absolute atomic E-state index is 13.2. The molecule has 19 heavy (non-hydrogen) atoms. The van der Waals surface area contributed by atoms with Crippen LogP contribution in [0.3, 0.4) is 0 Å². The van der Waals surface area contributed by atoms with Crippen molar-refractivity contribution < 1.29 is 27.8 Å². The lowest BCUT2D eigenvalue weighted by Gasteiger charge is -2.36. The highest BCUT2D eigenvalue weighted by atomic mass is 19.4. The molecule has 100 valence electrons. The van der Waals surface area contributed by atoms with Gasteiger partial charge in [0.1, 0.15) is 5.75 Å². The Balaban J connectivity index is 2.71. The van der Waals surface area contributed by atoms with Crippen molar-refractivity contribution in [2.45, 2.75) is 11.8 Å². The van der Waals surface area contributed by atoms with Gasteiger partial charge < -0.3 is 9.84 Å². The van der Waals surface area contributed by atoms with Crippen LogP contribution in [0.4, 0.5) is 13.2 Å². The molecule has 0 saturated carbocycles. The van der Waals surface area contributed by atoms with Gasteiger partial charge in [0.05, 0.1) is 5.57 Å². The van der Waals surface area contributed by atoms with Gasteiger partial charge in [-0.25, -0.2) is 4.79 Å². The molecule has 1 aliphatic rings. The molecule has 0 fully saturated rings. The van der Waals surface area contributed by atoms with Gasteiger partial charge in [-0.1, -0.05) is 24.8 Å². The summed E-state index contributed by atoms with van der Waals surface area (Å²) in [4.78, 5) is 11.1. The zero-order chi connectivity index (χ0) is 14.3. The molecule has 1 atom stereocenters. The number of rotatable bonds is 2. The Bertz CT molecular complexity index is 575. The fraction of sp³-hybridized carbons (Fsp3) is 0.154. The van der Waals surface area contributed by atoms with E-state index in [1.54, 1.807) is 6.07 Å². The molecule has 1 heterocycles. The van der Waals surface area contributed by atoms with Crippen LogP contribution in [-0.2, 0) is 4.79 Å². The van der Waals surface area contributed by atoms with E-state index >= 15 is 0 Å². The fourth-order valence-corrected chi connectivity index (χ4v) is 1.88. The molecule has 0 radical (unpaired) electrons. The van der Waals surface area contributed by atoms with Crippen LogP contribution < -0.4 is 4.74 Å². The summed E-state index contributed by atoms with van der Waals surface area (Å²) in [6, 6.07) is 5.89. The van der Waals surface area contributed by atoms with Crippen LogP contribution in [0.25, 0.3) is 6.08 Å². The third-order valence-electron chi connectivity index (χ3n) is 2.83. The molecule has 1 aromatic rings. The van der Waals surface area contributed by atoms with Crippen molar-refractivity contribution in [2.24, 2.45) is 0 Å². The Morgan fingerprint density at radius 1 is 1.37 bits per heavy atom. The first kappa shape index (κ1) is 13.2. The van der Waals surface area contributed by atoms with Crippen LogP contribution >= 0.6 is 0 Å². The summed E-state index contributed by atoms with van der Waals surface area (Å²) in [6.07, 6.45) is -3.51. The summed E-state index contributed by atoms with van der Waals surface area (Å²) >= 11 is 0. The molecule has 1 aliphatic heterocycles. The van der Waals surface area contributed by atoms with Crippen molar-refractivity contribution in [2.75, 3.05) is 0 Å². The van der Waals surface area contributed by atoms with Crippen molar-refractivity contribution in [1.82, 2.24) is 0 Å². The molecule has 0 spiro atoms. The third kappa shape index (κ3) is 1.89. The Hall–Kier alpha value is -2.24. The second-order valence-corrected chi connectivity index (χ2v) is 3.94. The van der Waals surface area contributed by atoms with Gasteiger partial charge in [-0.15, -0.1) is 0 Å². The highest BCUT2D eigenvalue weighted by Gasteiger charge is 2.61. The fourth-order valence-electron chi connectivity index (χ4n) is 1.88. The van der Waals surface area contributed by atoms with Crippen LogP contribution in [0.15, 0.2) is 42.5 Å². The second kappa shape index (κ2) is 4.15. The summed E-state index contributed by atoms with van der Waals surface area (Å²) in [5.74, 6) is -1.74. The van der Waals surface area contributed by atoms with E-state index in [2.05, 4.69) is 6.58 Å². The van der Waals surface area contributed by atoms with E-state index in [0.717, 1.165) is 6.08 Å². The Morgan fingerprint density at radius 3 is 2.53 bits per heavy atom. The van der Waals surface area contributed by atoms with Gasteiger partial charge in [-0.2, -0.15) is 13.2 Å². The Morgan fingerprint density at radius 2 is 2.00 bits per heavy atom. The Labute approximate surface area is 106 Å². The summed E-state index contributed by atoms with van der Waals surface area (Å²) in [5, 5.41) is 9.00. The molecule has 0 aliphatic carbocycles. The van der Waals surface area contributed by atoms with Crippen LogP contribution in [-0.4, -0.2) is 22.9 Å². The Kier molecular flexibility index (Phi) is 2.88. The zero-order valence-electron chi connectivity index (χ0n) is 9.57. The highest BCUT2D eigenvalue weighted by Crippen LogP contribution is 2.45. The molecule has 0 bridgehead atoms. The average molecular weight is 270 g/mol. The average Bonchev–Trinajstić information content (AvgIpc) is 2.35. The number of para-hydroxylation sites is 1. The number of carboxylic acid groups (broad SMARTS) is 1. The van der Waals surface area contributed by atoms with E-state index < -0.39 is 23.3 Å². The minimum Gasteiger partial charge on any atom is -0.478 e. The smallest absolute Gasteiger partial charge is 0.436 e. The second-order valence-electron chi connectivity index (χ2n) is 3.94. The number of aliphatic carboxylic acids is 1. The number of carboxylic acids is 1. The van der Waals surface area contributed by atoms with Crippen molar-refractivity contribution >= 4 is 12.0 Å². The number of halogens is 3. The minimum atomic E-state index is -4.92. The first-order valence-corrected chi connectivity index (χ1v) is 5.25. The normalized spacial score (nSPS) is 21.9. The zero-order valence-corrected chi connectivity index (χ0v) is 9.57. The predicted octanol–water partition coefficient (Wildman–Crippen LogP) is 3.03. The molecule has 0 saturated heterocycles. The van der Waals surface area contributed by atoms with E-state index in [0.29, 0.717) is 6.08 Å². The first-order valence-electron chi connectivity index (χ1n) is 5.25. The molecule has 3 nitrogen and oxygen atoms in total. The number of hydrogen-bond acceptors (Lipinski definition) is 2. The predicted molar refractivity (Wildman–Crippen MR) is 61.7 cm³/mol. The molecule has 2 rings (SSSR count). The van der Waals surface area contributed by atoms with E-state index in [-0.39, 0.29) is 11.3 Å². The van der Waals surface area contributed by atoms with E-state index in [1.807, 2.05) is 0 Å². The summed E-state index contributed by atoms with van der Waals surface area (Å²) < 4.78 is 44.5. The standard InChI is InChI=1S/C13H9F3O3/c1-2-12(13(14,15)16)9(11(17)18)7-8-5-3-4-6-10(8)19-12/h2-7H,1H2,(H,17,18). The number of ether oxygens (including phenoxy) is 1. The summed E-state index contributed by atoms with van der Waals surface area (Å²) in [6.45, 7) is 3.08. The largest absolute Gasteiger partial charge is 0.478 e. The molecule has 0 aromatic heterocycles. The molecule has 0 amide bonds. The maximum atomic E-state index is 13.2. The maximum Gasteiger partial charge on any atom is 0.436 e. The van der Waals surface area contributed by atoms with Gasteiger partial charge in [-0.3, -0.25) is 0 Å². The van der Waals surface area contributed by atoms with Crippen molar-refractivity contribution in [1.29, 1.82) is 0 Å². The van der Waals surface area contributed by atoms with Gasteiger partial charge in [-0.05, 0) is 18.2 Å². The topological polar surface area (TPSA) is 46.5 Å². The lowest BCUT2D eigenvalue weighted by Crippen LogP contribution is -2.53. The molecular weight excluding hydrogens is 261 g/mol. The van der Waals surface area contributed by atoms with E-state index in [1.165, 1.54) is 18.2 Å². The van der Waals surface area contributed by atoms with Gasteiger partial charge in [0, 0.05) is 5.56 Å². The van der Waals surface area contributed by atoms with Gasteiger partial charge in [0.15, 0.2) is 0 Å². The molecule has 1 aromatic carbocycles. The highest BCUT2D eigenvalue weighted by molar-refractivity contribution is 5.97. The van der Waals surface area contributed by atoms with Crippen LogP contribution in [0.1, 0.15) is 5.56 Å². The van der Waals surface area contributed by atoms with Crippen molar-refractivity contribution in [3.63, 3.8) is 0 Å². The number of carbonyl (C=O) groups is 1. The number of hydrogen-bond donors (Lipinski definition) is 1. The van der Waals surface area contributed by atoms with Crippen LogP contribution in [0, 0.1) is 0 Å². The SMILES string of the molecule is C=CC1(C(F)(F)F)Oc2ccccc2C=C1C(=O)O. The van der Waals surface area contributed by atoms with E-state index in [4.69, 9.17) is 9.84 Å². The number of alkyl halides is 3. The van der Waals surface area contributed by atoms with Crippen molar-refractivity contribution in [3.8, 4) is 5.75 Å². The van der Waals surface area contributed by atoms with Gasteiger partial charge >= 0.3 is 12.1 Å². The molecule has 6 heteroatoms. The lowest BCUT2D eigenvalue weighted by molar-refractivity contribution is -0.217. The first-order chi connectivity index (χ1) is 8.82. The van der Waals surface area contributed by atoms with Crippen LogP contribution in [0.5, 0.6) is 5.75 Å². The van der Waals surface area contributed by atoms with Crippen molar-refractivity contribution in [3.05, 3.63) is 48.1 Å². The lowest BCUT2D eigenvalue weighted by atomic mass is 9.88. The molecule has 1 N–H and O–H groups in total. The summed E-state index contributed by atoms with van der Waals surface area (Å²) in [7, 11) is 0. The van der Waals surface area contributed by atoms with Gasteiger partial charge in [0.25, 0.3) is 5.60 Å². The monoisotopic (exact) mass is 270 g/mol. The number of fused-ring (bicyclic) bond motifs is 1. The third-order valence-corrected chi connectivity index (χ3v) is 2.83. The number of benzene rings is 1. The van der Waals surface area contributed by atoms with Gasteiger partial charge in [0.2, 0.25) is 0 Å². The minimum absolute atomic E-state index is 0.0373. The molecule has 1 unspecified atom stereocenters. The molecular formula is C13H9F3O3. The summed E-state index contributed by atoms with van der Waals surface area (Å²) in [5.41, 5.74) is -3.66.